The second-order valence-electron chi connectivity index (χ2n) is 7.24. The van der Waals surface area contributed by atoms with E-state index < -0.39 is 0 Å². The van der Waals surface area contributed by atoms with Crippen LogP contribution in [0.1, 0.15) is 17.0 Å². The molecule has 1 aromatic heterocycles. The molecular formula is C23H28N4O3. The molecule has 2 aromatic rings. The highest BCUT2D eigenvalue weighted by Crippen LogP contribution is 2.24. The summed E-state index contributed by atoms with van der Waals surface area (Å²) in [7, 11) is 1.64. The van der Waals surface area contributed by atoms with Crippen LogP contribution >= 0.6 is 0 Å². The number of benzene rings is 1. The van der Waals surface area contributed by atoms with E-state index in [9.17, 15) is 10.1 Å². The number of ether oxygens (including phenoxy) is 2. The Bertz CT molecular complexity index is 948. The minimum Gasteiger partial charge on any atom is -0.497 e. The van der Waals surface area contributed by atoms with E-state index in [1.54, 1.807) is 13.2 Å². The van der Waals surface area contributed by atoms with Crippen molar-refractivity contribution in [2.45, 2.75) is 13.8 Å². The summed E-state index contributed by atoms with van der Waals surface area (Å²) >= 11 is 0. The normalized spacial score (nSPS) is 14.9. The molecule has 2 heterocycles. The second kappa shape index (κ2) is 10.1. The second-order valence-corrected chi connectivity index (χ2v) is 7.24. The summed E-state index contributed by atoms with van der Waals surface area (Å²) in [5.74, 6) is 0.446. The van der Waals surface area contributed by atoms with Crippen LogP contribution in [0.25, 0.3) is 11.8 Å². The summed E-state index contributed by atoms with van der Waals surface area (Å²) in [6.45, 7) is 8.42. The number of aryl methyl sites for hydroxylation is 1. The smallest absolute Gasteiger partial charge is 0.261 e. The van der Waals surface area contributed by atoms with Crippen molar-refractivity contribution in [2.24, 2.45) is 0 Å². The zero-order chi connectivity index (χ0) is 21.5. The molecule has 1 N–H and O–H groups in total. The van der Waals surface area contributed by atoms with Crippen LogP contribution in [0.5, 0.6) is 5.75 Å². The molecule has 30 heavy (non-hydrogen) atoms. The van der Waals surface area contributed by atoms with Gasteiger partial charge in [-0.15, -0.1) is 0 Å². The summed E-state index contributed by atoms with van der Waals surface area (Å²) in [5.41, 5.74) is 3.94. The van der Waals surface area contributed by atoms with Crippen molar-refractivity contribution in [1.82, 2.24) is 14.8 Å². The molecule has 1 aliphatic heterocycles. The molecule has 0 atom stereocenters. The van der Waals surface area contributed by atoms with Gasteiger partial charge >= 0.3 is 0 Å². The predicted molar refractivity (Wildman–Crippen MR) is 116 cm³/mol. The summed E-state index contributed by atoms with van der Waals surface area (Å²) in [4.78, 5) is 14.7. The molecule has 158 valence electrons. The maximum absolute atomic E-state index is 12.5. The molecule has 0 radical (unpaired) electrons. The molecule has 1 aliphatic rings. The molecule has 3 rings (SSSR count). The standard InChI is InChI=1S/C23H28N4O3/c1-17-14-19(18(2)27(17)21-4-6-22(29-3)7-5-21)15-20(16-24)23(28)25-8-9-26-10-12-30-13-11-26/h4-7,14-15H,8-13H2,1-3H3,(H,25,28)/b20-15-. The van der Waals surface area contributed by atoms with Crippen molar-refractivity contribution < 1.29 is 14.3 Å². The summed E-state index contributed by atoms with van der Waals surface area (Å²) in [6, 6.07) is 11.8. The SMILES string of the molecule is COc1ccc(-n2c(C)cc(/C=C(/C#N)C(=O)NCCN3CCOCC3)c2C)cc1. The Balaban J connectivity index is 1.71. The van der Waals surface area contributed by atoms with Crippen LogP contribution in [-0.2, 0) is 9.53 Å². The van der Waals surface area contributed by atoms with Gasteiger partial charge in [0, 0.05) is 43.3 Å². The molecule has 7 heteroatoms. The van der Waals surface area contributed by atoms with Gasteiger partial charge in [-0.25, -0.2) is 0 Å². The third-order valence-electron chi connectivity index (χ3n) is 5.28. The Morgan fingerprint density at radius 2 is 1.97 bits per heavy atom. The summed E-state index contributed by atoms with van der Waals surface area (Å²) in [5, 5.41) is 12.4. The Labute approximate surface area is 177 Å². The zero-order valence-corrected chi connectivity index (χ0v) is 17.8. The Kier molecular flexibility index (Phi) is 7.28. The summed E-state index contributed by atoms with van der Waals surface area (Å²) in [6.07, 6.45) is 1.66. The van der Waals surface area contributed by atoms with E-state index in [1.165, 1.54) is 0 Å². The average Bonchev–Trinajstić information content (AvgIpc) is 3.05. The van der Waals surface area contributed by atoms with Gasteiger partial charge in [0.1, 0.15) is 17.4 Å². The van der Waals surface area contributed by atoms with Crippen molar-refractivity contribution in [3.05, 3.63) is 52.9 Å². The molecular weight excluding hydrogens is 380 g/mol. The number of nitriles is 1. The number of hydrogen-bond acceptors (Lipinski definition) is 5. The number of amides is 1. The van der Waals surface area contributed by atoms with Crippen LogP contribution < -0.4 is 10.1 Å². The molecule has 0 spiro atoms. The number of carbonyl (C=O) groups is 1. The fourth-order valence-electron chi connectivity index (χ4n) is 3.61. The molecule has 1 aromatic carbocycles. The van der Waals surface area contributed by atoms with Crippen LogP contribution in [-0.4, -0.2) is 61.9 Å². The van der Waals surface area contributed by atoms with Crippen LogP contribution in [0.3, 0.4) is 0 Å². The molecule has 0 unspecified atom stereocenters. The first kappa shape index (κ1) is 21.6. The molecule has 0 bridgehead atoms. The Morgan fingerprint density at radius 1 is 1.27 bits per heavy atom. The Hall–Kier alpha value is -3.08. The van der Waals surface area contributed by atoms with Gasteiger partial charge in [0.05, 0.1) is 20.3 Å². The maximum Gasteiger partial charge on any atom is 0.261 e. The largest absolute Gasteiger partial charge is 0.497 e. The van der Waals surface area contributed by atoms with Crippen molar-refractivity contribution in [1.29, 1.82) is 5.26 Å². The lowest BCUT2D eigenvalue weighted by Gasteiger charge is -2.26. The molecule has 0 saturated carbocycles. The number of aromatic nitrogens is 1. The fourth-order valence-corrected chi connectivity index (χ4v) is 3.61. The van der Waals surface area contributed by atoms with E-state index in [0.717, 1.165) is 61.2 Å². The van der Waals surface area contributed by atoms with Gasteiger partial charge in [0.25, 0.3) is 5.91 Å². The maximum atomic E-state index is 12.5. The number of rotatable bonds is 7. The van der Waals surface area contributed by atoms with E-state index >= 15 is 0 Å². The first-order valence-electron chi connectivity index (χ1n) is 10.1. The number of morpholine rings is 1. The Morgan fingerprint density at radius 3 is 2.60 bits per heavy atom. The first-order chi connectivity index (χ1) is 14.5. The average molecular weight is 409 g/mol. The molecule has 1 fully saturated rings. The van der Waals surface area contributed by atoms with Crippen LogP contribution in [0.4, 0.5) is 0 Å². The van der Waals surface area contributed by atoms with Crippen molar-refractivity contribution in [3.8, 4) is 17.5 Å². The zero-order valence-electron chi connectivity index (χ0n) is 17.8. The molecule has 1 saturated heterocycles. The third-order valence-corrected chi connectivity index (χ3v) is 5.28. The highest BCUT2D eigenvalue weighted by atomic mass is 16.5. The van der Waals surface area contributed by atoms with Gasteiger partial charge in [0.15, 0.2) is 0 Å². The van der Waals surface area contributed by atoms with E-state index in [2.05, 4.69) is 14.8 Å². The van der Waals surface area contributed by atoms with Gasteiger partial charge in [-0.3, -0.25) is 9.69 Å². The van der Waals surface area contributed by atoms with Gasteiger partial charge in [-0.1, -0.05) is 0 Å². The quantitative estimate of drug-likeness (QED) is 0.562. The molecule has 1 amide bonds. The topological polar surface area (TPSA) is 79.5 Å². The van der Waals surface area contributed by atoms with E-state index in [0.29, 0.717) is 6.54 Å². The molecule has 7 nitrogen and oxygen atoms in total. The lowest BCUT2D eigenvalue weighted by molar-refractivity contribution is -0.117. The number of hydrogen-bond donors (Lipinski definition) is 1. The van der Waals surface area contributed by atoms with Crippen molar-refractivity contribution in [2.75, 3.05) is 46.5 Å². The van der Waals surface area contributed by atoms with Gasteiger partial charge in [-0.05, 0) is 55.8 Å². The summed E-state index contributed by atoms with van der Waals surface area (Å²) < 4.78 is 12.6. The highest BCUT2D eigenvalue weighted by molar-refractivity contribution is 6.01. The number of nitrogens with one attached hydrogen (secondary N) is 1. The molecule has 0 aliphatic carbocycles. The van der Waals surface area contributed by atoms with Crippen molar-refractivity contribution in [3.63, 3.8) is 0 Å². The fraction of sp³-hybridized carbons (Fsp3) is 0.391. The highest BCUT2D eigenvalue weighted by Gasteiger charge is 2.15. The van der Waals surface area contributed by atoms with Crippen LogP contribution in [0, 0.1) is 25.2 Å². The predicted octanol–water partition coefficient (Wildman–Crippen LogP) is 2.46. The van der Waals surface area contributed by atoms with E-state index in [1.807, 2.05) is 50.2 Å². The number of nitrogens with zero attached hydrogens (tertiary/aromatic N) is 3. The third kappa shape index (κ3) is 5.09. The number of carbonyl (C=O) groups excluding carboxylic acids is 1. The minimum absolute atomic E-state index is 0.104. The van der Waals surface area contributed by atoms with E-state index in [-0.39, 0.29) is 11.5 Å². The van der Waals surface area contributed by atoms with Crippen molar-refractivity contribution >= 4 is 12.0 Å². The van der Waals surface area contributed by atoms with Crippen LogP contribution in [0.15, 0.2) is 35.9 Å². The van der Waals surface area contributed by atoms with Gasteiger partial charge in [0.2, 0.25) is 0 Å². The van der Waals surface area contributed by atoms with E-state index in [4.69, 9.17) is 9.47 Å². The monoisotopic (exact) mass is 408 g/mol. The van der Waals surface area contributed by atoms with Gasteiger partial charge in [-0.2, -0.15) is 5.26 Å². The van der Waals surface area contributed by atoms with Gasteiger partial charge < -0.3 is 19.4 Å². The first-order valence-corrected chi connectivity index (χ1v) is 10.1. The number of methoxy groups -OCH3 is 1. The minimum atomic E-state index is -0.347. The van der Waals surface area contributed by atoms with Crippen LogP contribution in [0.2, 0.25) is 0 Å². The lowest BCUT2D eigenvalue weighted by atomic mass is 10.1. The lowest BCUT2D eigenvalue weighted by Crippen LogP contribution is -2.41.